The van der Waals surface area contributed by atoms with Gasteiger partial charge in [-0.25, -0.2) is 9.37 Å². The molecule has 0 unspecified atom stereocenters. The van der Waals surface area contributed by atoms with Gasteiger partial charge in [-0.1, -0.05) is 0 Å². The number of benzene rings is 1. The summed E-state index contributed by atoms with van der Waals surface area (Å²) >= 11 is 0. The number of carbonyl (C=O) groups excluding carboxylic acids is 2. The fourth-order valence-corrected chi connectivity index (χ4v) is 3.29. The molecule has 1 fully saturated rings. The average Bonchev–Trinajstić information content (AvgIpc) is 2.66. The Morgan fingerprint density at radius 1 is 1.40 bits per heavy atom. The van der Waals surface area contributed by atoms with Gasteiger partial charge >= 0.3 is 0 Å². The molecular weight excluding hydrogens is 389 g/mol. The third kappa shape index (κ3) is 4.00. The third-order valence-corrected chi connectivity index (χ3v) is 5.11. The molecule has 2 aromatic rings. The van der Waals surface area contributed by atoms with Gasteiger partial charge < -0.3 is 16.0 Å². The van der Waals surface area contributed by atoms with E-state index in [2.05, 4.69) is 21.4 Å². The molecular formula is C20H22FN7O2. The number of nitrogens with two attached hydrogens (primary N) is 1. The predicted octanol–water partition coefficient (Wildman–Crippen LogP) is 2.10. The first-order chi connectivity index (χ1) is 14.2. The number of aryl methyl sites for hydroxylation is 1. The van der Waals surface area contributed by atoms with E-state index in [-0.39, 0.29) is 23.5 Å². The van der Waals surface area contributed by atoms with Gasteiger partial charge in [-0.2, -0.15) is 10.2 Å². The molecule has 1 aromatic heterocycles. The molecule has 0 saturated heterocycles. The summed E-state index contributed by atoms with van der Waals surface area (Å²) in [6.45, 7) is 1.69. The maximum atomic E-state index is 14.2. The van der Waals surface area contributed by atoms with Crippen LogP contribution < -0.4 is 20.9 Å². The van der Waals surface area contributed by atoms with Gasteiger partial charge in [0.05, 0.1) is 29.4 Å². The number of anilines is 4. The first-order valence-electron chi connectivity index (χ1n) is 9.29. The Balaban J connectivity index is 1.95. The van der Waals surface area contributed by atoms with E-state index in [0.717, 1.165) is 6.07 Å². The second-order valence-electron chi connectivity index (χ2n) is 7.40. The van der Waals surface area contributed by atoms with Crippen molar-refractivity contribution in [1.82, 2.24) is 9.97 Å². The number of aromatic nitrogens is 2. The monoisotopic (exact) mass is 411 g/mol. The number of halogens is 1. The Labute approximate surface area is 173 Å². The number of nitrogens with zero attached hydrogens (tertiary/aromatic N) is 5. The molecule has 1 aliphatic carbocycles. The van der Waals surface area contributed by atoms with E-state index in [1.807, 2.05) is 0 Å². The lowest BCUT2D eigenvalue weighted by Gasteiger charge is -2.38. The topological polar surface area (TPSA) is 128 Å². The van der Waals surface area contributed by atoms with Crippen molar-refractivity contribution >= 4 is 35.5 Å². The quantitative estimate of drug-likeness (QED) is 0.668. The number of hydrogen-bond donors (Lipinski definition) is 2. The lowest BCUT2D eigenvalue weighted by molar-refractivity contribution is -0.108. The largest absolute Gasteiger partial charge is 0.373 e. The van der Waals surface area contributed by atoms with Gasteiger partial charge in [-0.3, -0.25) is 14.5 Å². The highest BCUT2D eigenvalue weighted by molar-refractivity contribution is 5.94. The maximum Gasteiger partial charge on any atom is 0.251 e. The zero-order chi connectivity index (χ0) is 22.0. The minimum atomic E-state index is -0.853. The van der Waals surface area contributed by atoms with Crippen LogP contribution in [0.2, 0.25) is 0 Å². The van der Waals surface area contributed by atoms with Crippen molar-refractivity contribution in [3.63, 3.8) is 0 Å². The van der Waals surface area contributed by atoms with E-state index in [1.54, 1.807) is 32.1 Å². The molecule has 30 heavy (non-hydrogen) atoms. The van der Waals surface area contributed by atoms with Crippen molar-refractivity contribution in [2.75, 3.05) is 29.2 Å². The predicted molar refractivity (Wildman–Crippen MR) is 110 cm³/mol. The van der Waals surface area contributed by atoms with Gasteiger partial charge in [-0.05, 0) is 37.5 Å². The number of carbonyl (C=O) groups is 2. The van der Waals surface area contributed by atoms with Gasteiger partial charge in [0.1, 0.15) is 5.82 Å². The van der Waals surface area contributed by atoms with Crippen LogP contribution in [0.5, 0.6) is 0 Å². The van der Waals surface area contributed by atoms with Crippen molar-refractivity contribution in [1.29, 1.82) is 5.26 Å². The Morgan fingerprint density at radius 2 is 2.10 bits per heavy atom. The van der Waals surface area contributed by atoms with Crippen LogP contribution in [0, 0.1) is 30.0 Å². The summed E-state index contributed by atoms with van der Waals surface area (Å²) in [5, 5.41) is 12.0. The molecule has 1 saturated carbocycles. The lowest BCUT2D eigenvalue weighted by Crippen LogP contribution is -2.44. The summed E-state index contributed by atoms with van der Waals surface area (Å²) in [7, 11) is 3.61. The number of amides is 2. The van der Waals surface area contributed by atoms with Crippen LogP contribution in [-0.2, 0) is 4.79 Å². The lowest BCUT2D eigenvalue weighted by atomic mass is 9.80. The van der Waals surface area contributed by atoms with Crippen LogP contribution in [0.25, 0.3) is 0 Å². The Bertz CT molecular complexity index is 1030. The first kappa shape index (κ1) is 21.0. The average molecular weight is 411 g/mol. The van der Waals surface area contributed by atoms with E-state index in [1.165, 1.54) is 11.0 Å². The molecule has 0 bridgehead atoms. The first-order valence-corrected chi connectivity index (χ1v) is 9.29. The minimum absolute atomic E-state index is 0.0749. The Hall–Kier alpha value is -3.74. The molecule has 0 atom stereocenters. The normalized spacial score (nSPS) is 17.4. The van der Waals surface area contributed by atoms with Crippen LogP contribution in [-0.4, -0.2) is 42.4 Å². The highest BCUT2D eigenvalue weighted by atomic mass is 19.1. The molecule has 1 aliphatic rings. The summed E-state index contributed by atoms with van der Waals surface area (Å²) in [6, 6.07) is 4.58. The Kier molecular flexibility index (Phi) is 5.82. The molecule has 1 aromatic carbocycles. The second-order valence-corrected chi connectivity index (χ2v) is 7.40. The minimum Gasteiger partial charge on any atom is -0.373 e. The van der Waals surface area contributed by atoms with Gasteiger partial charge in [0.2, 0.25) is 12.4 Å². The number of nitrogens with one attached hydrogen (secondary N) is 1. The van der Waals surface area contributed by atoms with Crippen LogP contribution in [0.3, 0.4) is 0 Å². The van der Waals surface area contributed by atoms with Gasteiger partial charge in [0.15, 0.2) is 5.82 Å². The highest BCUT2D eigenvalue weighted by Gasteiger charge is 2.35. The van der Waals surface area contributed by atoms with Gasteiger partial charge in [0, 0.05) is 25.8 Å². The molecule has 0 spiro atoms. The van der Waals surface area contributed by atoms with Crippen LogP contribution in [0.1, 0.15) is 28.8 Å². The van der Waals surface area contributed by atoms with Gasteiger partial charge in [-0.15, -0.1) is 0 Å². The van der Waals surface area contributed by atoms with Crippen molar-refractivity contribution in [2.24, 2.45) is 11.7 Å². The van der Waals surface area contributed by atoms with E-state index in [4.69, 9.17) is 11.0 Å². The fourth-order valence-electron chi connectivity index (χ4n) is 3.29. The summed E-state index contributed by atoms with van der Waals surface area (Å²) < 4.78 is 14.2. The molecule has 10 heteroatoms. The van der Waals surface area contributed by atoms with Crippen LogP contribution in [0.4, 0.5) is 27.5 Å². The van der Waals surface area contributed by atoms with E-state index in [0.29, 0.717) is 42.0 Å². The van der Waals surface area contributed by atoms with Crippen molar-refractivity contribution in [2.45, 2.75) is 25.8 Å². The molecule has 3 rings (SSSR count). The van der Waals surface area contributed by atoms with E-state index >= 15 is 0 Å². The third-order valence-electron chi connectivity index (χ3n) is 5.11. The zero-order valence-corrected chi connectivity index (χ0v) is 16.9. The summed E-state index contributed by atoms with van der Waals surface area (Å²) in [5.41, 5.74) is 6.55. The van der Waals surface area contributed by atoms with Crippen LogP contribution >= 0.6 is 0 Å². The van der Waals surface area contributed by atoms with Crippen LogP contribution in [0.15, 0.2) is 18.3 Å². The van der Waals surface area contributed by atoms with Crippen molar-refractivity contribution < 1.29 is 14.0 Å². The summed E-state index contributed by atoms with van der Waals surface area (Å²) in [6.07, 6.45) is 3.41. The van der Waals surface area contributed by atoms with E-state index in [9.17, 15) is 14.0 Å². The smallest absolute Gasteiger partial charge is 0.251 e. The Morgan fingerprint density at radius 3 is 2.67 bits per heavy atom. The molecule has 3 N–H and O–H groups in total. The number of rotatable bonds is 7. The van der Waals surface area contributed by atoms with E-state index < -0.39 is 11.7 Å². The fraction of sp³-hybridized carbons (Fsp3) is 0.350. The molecule has 9 nitrogen and oxygen atoms in total. The maximum absolute atomic E-state index is 14.2. The summed E-state index contributed by atoms with van der Waals surface area (Å²) in [5.74, 6) is -1.14. The highest BCUT2D eigenvalue weighted by Crippen LogP contribution is 2.36. The zero-order valence-electron chi connectivity index (χ0n) is 16.9. The molecule has 2 amide bonds. The van der Waals surface area contributed by atoms with Crippen molar-refractivity contribution in [3.05, 3.63) is 35.3 Å². The standard InChI is InChI=1S/C20H22FN7O2/c1-11-4-14(18(23)30)15(21)7-16(11)25-20-24-9-17(27(2)3)19(26-20)28(10-29)13-5-12(6-13)8-22/h4,7,9-10,12-13H,5-6H2,1-3H3,(H2,23,30)(H,24,25,26). The molecule has 1 heterocycles. The molecule has 0 aliphatic heterocycles. The number of hydrogen-bond acceptors (Lipinski definition) is 7. The SMILES string of the molecule is Cc1cc(C(N)=O)c(F)cc1Nc1ncc(N(C)C)c(N(C=O)C2CC(C#N)C2)n1. The summed E-state index contributed by atoms with van der Waals surface area (Å²) in [4.78, 5) is 35.2. The van der Waals surface area contributed by atoms with Crippen molar-refractivity contribution in [3.8, 4) is 6.07 Å². The number of nitriles is 1. The number of primary amides is 1. The molecule has 156 valence electrons. The second kappa shape index (κ2) is 8.32. The van der Waals surface area contributed by atoms with Gasteiger partial charge in [0.25, 0.3) is 5.91 Å². The molecule has 0 radical (unpaired) electrons.